The van der Waals surface area contributed by atoms with Gasteiger partial charge in [0.2, 0.25) is 6.79 Å². The first kappa shape index (κ1) is 43.0. The first-order valence-electron chi connectivity index (χ1n) is 23.9. The van der Waals surface area contributed by atoms with E-state index in [4.69, 9.17) is 52.1 Å². The second-order valence-corrected chi connectivity index (χ2v) is 20.1. The maximum absolute atomic E-state index is 12.0. The van der Waals surface area contributed by atoms with Gasteiger partial charge < -0.3 is 52.1 Å². The zero-order valence-electron chi connectivity index (χ0n) is 35.7. The molecular weight excluding hydrogens is 808 g/mol. The van der Waals surface area contributed by atoms with Crippen molar-refractivity contribution in [3.05, 3.63) is 0 Å². The van der Waals surface area contributed by atoms with Crippen molar-refractivity contribution in [3.63, 3.8) is 0 Å². The Bertz CT molecular complexity index is 1570. The van der Waals surface area contributed by atoms with Crippen molar-refractivity contribution < 1.29 is 76.1 Å². The summed E-state index contributed by atoms with van der Waals surface area (Å²) < 4.78 is 58.7. The van der Waals surface area contributed by atoms with Crippen LogP contribution < -0.4 is 0 Å². The highest BCUT2D eigenvalue weighted by atomic mass is 16.7. The number of carbonyl (C=O) groups excluding carboxylic acids is 5. The molecule has 0 N–H and O–H groups in total. The lowest BCUT2D eigenvalue weighted by atomic mass is 9.89. The Labute approximate surface area is 362 Å². The number of esters is 5. The molecule has 12 rings (SSSR count). The van der Waals surface area contributed by atoms with Gasteiger partial charge in [-0.15, -0.1) is 0 Å². The van der Waals surface area contributed by atoms with Gasteiger partial charge >= 0.3 is 29.8 Å². The lowest BCUT2D eigenvalue weighted by Crippen LogP contribution is -2.27. The average molecular weight is 873 g/mol. The van der Waals surface area contributed by atoms with E-state index in [1.165, 1.54) is 0 Å². The van der Waals surface area contributed by atoms with Crippen LogP contribution >= 0.6 is 0 Å². The summed E-state index contributed by atoms with van der Waals surface area (Å²) in [5.74, 6) is -0.384. The summed E-state index contributed by atoms with van der Waals surface area (Å²) in [6, 6.07) is 0. The van der Waals surface area contributed by atoms with Gasteiger partial charge in [0.25, 0.3) is 0 Å². The maximum Gasteiger partial charge on any atom is 0.317 e. The molecule has 62 heavy (non-hydrogen) atoms. The third-order valence-electron chi connectivity index (χ3n) is 15.5. The highest BCUT2D eigenvalue weighted by Gasteiger charge is 2.50. The summed E-state index contributed by atoms with van der Waals surface area (Å²) >= 11 is 0. The van der Waals surface area contributed by atoms with E-state index in [9.17, 15) is 24.0 Å². The van der Waals surface area contributed by atoms with Crippen LogP contribution in [0.5, 0.6) is 0 Å². The second kappa shape index (κ2) is 18.9. The van der Waals surface area contributed by atoms with E-state index in [2.05, 4.69) is 0 Å². The fourth-order valence-corrected chi connectivity index (χ4v) is 11.1. The van der Waals surface area contributed by atoms with Crippen LogP contribution in [0.2, 0.25) is 0 Å². The maximum atomic E-state index is 12.0. The summed E-state index contributed by atoms with van der Waals surface area (Å²) in [4.78, 5) is 59.2. The van der Waals surface area contributed by atoms with Crippen LogP contribution in [-0.4, -0.2) is 130 Å². The van der Waals surface area contributed by atoms with E-state index in [1.54, 1.807) is 0 Å². The van der Waals surface area contributed by atoms with Crippen molar-refractivity contribution >= 4 is 29.8 Å². The van der Waals surface area contributed by atoms with Gasteiger partial charge in [-0.1, -0.05) is 0 Å². The minimum absolute atomic E-state index is 0.00258. The van der Waals surface area contributed by atoms with Crippen molar-refractivity contribution in [1.29, 1.82) is 0 Å². The molecule has 6 aliphatic carbocycles. The molecule has 6 saturated carbocycles. The molecule has 6 aliphatic heterocycles. The normalized spacial score (nSPS) is 43.9. The Morgan fingerprint density at radius 1 is 0.323 bits per heavy atom. The van der Waals surface area contributed by atoms with E-state index in [1.807, 2.05) is 0 Å². The molecule has 0 aromatic rings. The standard InChI is InChI=1S/C17H24O6.C15H20O6.C14H20O4/c18-16(20-8-10-1-3-12-14(5-10)22-12)7-17(19)21-9-11-2-4-13-15(6-11)23-13;16-14(8-1-3-10-12(5-8)20-10)18-7-19-15(17)9-2-4-11-13(6-9)21-11;15-14(9-2-4-11-13(6-9)18-11)16-7-8-1-3-10-12(5-8)17-10/h10-15H,1-9H2;8-13H,1-7H2;8-13H,1-7H2. The van der Waals surface area contributed by atoms with Crippen LogP contribution in [0.3, 0.4) is 0 Å². The highest BCUT2D eigenvalue weighted by molar-refractivity contribution is 5.91. The molecule has 16 nitrogen and oxygen atoms in total. The number of ether oxygens (including phenoxy) is 11. The Morgan fingerprint density at radius 3 is 0.935 bits per heavy atom. The van der Waals surface area contributed by atoms with E-state index < -0.39 is 11.9 Å². The van der Waals surface area contributed by atoms with Crippen LogP contribution in [0.4, 0.5) is 0 Å². The summed E-state index contributed by atoms with van der Waals surface area (Å²) in [6.07, 6.45) is 21.7. The van der Waals surface area contributed by atoms with E-state index in [-0.39, 0.29) is 61.1 Å². The van der Waals surface area contributed by atoms with Gasteiger partial charge in [0, 0.05) is 0 Å². The number of epoxide rings is 6. The minimum atomic E-state index is -0.483. The number of hydrogen-bond donors (Lipinski definition) is 0. The average Bonchev–Trinajstić information content (AvgIpc) is 4.06. The lowest BCUT2D eigenvalue weighted by Gasteiger charge is -2.21. The van der Waals surface area contributed by atoms with Gasteiger partial charge in [-0.05, 0) is 133 Å². The lowest BCUT2D eigenvalue weighted by molar-refractivity contribution is -0.174. The topological polar surface area (TPSA) is 207 Å². The molecule has 0 amide bonds. The van der Waals surface area contributed by atoms with E-state index in [0.717, 1.165) is 116 Å². The van der Waals surface area contributed by atoms with Crippen molar-refractivity contribution in [2.24, 2.45) is 35.5 Å². The number of hydrogen-bond acceptors (Lipinski definition) is 16. The van der Waals surface area contributed by atoms with Crippen molar-refractivity contribution in [2.75, 3.05) is 26.6 Å². The van der Waals surface area contributed by atoms with Crippen LogP contribution in [0, 0.1) is 35.5 Å². The molecular formula is C46H64O16. The Kier molecular flexibility index (Phi) is 13.1. The summed E-state index contributed by atoms with van der Waals surface area (Å²) in [5.41, 5.74) is 0. The predicted octanol–water partition coefficient (Wildman–Crippen LogP) is 4.43. The molecule has 6 heterocycles. The summed E-state index contributed by atoms with van der Waals surface area (Å²) in [7, 11) is 0. The quantitative estimate of drug-likeness (QED) is 0.0825. The van der Waals surface area contributed by atoms with Crippen molar-refractivity contribution in [1.82, 2.24) is 0 Å². The SMILES string of the molecule is O=C(CC(=O)OCC1CCC2OC2C1)OCC1CCC2OC2C1.O=C(OCC1CCC2OC2C1)C1CCC2OC2C1.O=C(OCOC(=O)C1CCC2OC2C1)C1CCC2OC2C1. The van der Waals surface area contributed by atoms with Gasteiger partial charge in [-0.2, -0.15) is 0 Å². The fourth-order valence-electron chi connectivity index (χ4n) is 11.1. The van der Waals surface area contributed by atoms with Gasteiger partial charge in [-0.25, -0.2) is 0 Å². The predicted molar refractivity (Wildman–Crippen MR) is 211 cm³/mol. The summed E-state index contributed by atoms with van der Waals surface area (Å²) in [5, 5.41) is 0. The monoisotopic (exact) mass is 872 g/mol. The largest absolute Gasteiger partial charge is 0.465 e. The highest BCUT2D eigenvalue weighted by Crippen LogP contribution is 2.44. The molecule has 0 aromatic heterocycles. The third kappa shape index (κ3) is 11.7. The molecule has 344 valence electrons. The Hall–Kier alpha value is -2.89. The molecule has 18 atom stereocenters. The minimum Gasteiger partial charge on any atom is -0.465 e. The van der Waals surface area contributed by atoms with Gasteiger partial charge in [0.05, 0.1) is 111 Å². The molecule has 6 saturated heterocycles. The zero-order valence-corrected chi connectivity index (χ0v) is 35.7. The van der Waals surface area contributed by atoms with Gasteiger partial charge in [0.1, 0.15) is 6.42 Å². The molecule has 18 unspecified atom stereocenters. The van der Waals surface area contributed by atoms with Gasteiger partial charge in [-0.3, -0.25) is 24.0 Å². The number of carbonyl (C=O) groups is 5. The van der Waals surface area contributed by atoms with Crippen molar-refractivity contribution in [2.45, 2.75) is 195 Å². The van der Waals surface area contributed by atoms with Crippen LogP contribution in [0.25, 0.3) is 0 Å². The van der Waals surface area contributed by atoms with Gasteiger partial charge in [0.15, 0.2) is 0 Å². The molecule has 0 spiro atoms. The first-order valence-corrected chi connectivity index (χ1v) is 23.9. The third-order valence-corrected chi connectivity index (χ3v) is 15.5. The molecule has 0 bridgehead atoms. The fraction of sp³-hybridized carbons (Fsp3) is 0.891. The molecule has 16 heteroatoms. The van der Waals surface area contributed by atoms with E-state index in [0.29, 0.717) is 98.6 Å². The molecule has 0 radical (unpaired) electrons. The zero-order chi connectivity index (χ0) is 42.3. The Balaban J connectivity index is 0.000000112. The number of rotatable bonds is 13. The van der Waals surface area contributed by atoms with E-state index >= 15 is 0 Å². The number of fused-ring (bicyclic) bond motifs is 6. The van der Waals surface area contributed by atoms with Crippen molar-refractivity contribution in [3.8, 4) is 0 Å². The Morgan fingerprint density at radius 2 is 0.613 bits per heavy atom. The molecule has 0 aromatic carbocycles. The first-order chi connectivity index (χ1) is 30.2. The molecule has 12 fully saturated rings. The second-order valence-electron chi connectivity index (χ2n) is 20.1. The van der Waals surface area contributed by atoms with Crippen LogP contribution in [-0.2, 0) is 76.1 Å². The summed E-state index contributed by atoms with van der Waals surface area (Å²) in [6.45, 7) is 1.11. The smallest absolute Gasteiger partial charge is 0.317 e. The molecule has 12 aliphatic rings. The van der Waals surface area contributed by atoms with Crippen LogP contribution in [0.15, 0.2) is 0 Å². The van der Waals surface area contributed by atoms with Crippen LogP contribution in [0.1, 0.15) is 122 Å².